The van der Waals surface area contributed by atoms with Crippen LogP contribution in [0.25, 0.3) is 0 Å². The molecule has 3 amide bonds. The molecule has 0 saturated carbocycles. The molecule has 8 heteroatoms. The molecular weight excluding hydrogens is 342 g/mol. The summed E-state index contributed by atoms with van der Waals surface area (Å²) in [5, 5.41) is 6.25. The number of carbonyl (C=O) groups is 2. The number of nitrogens with one attached hydrogen (secondary N) is 2. The molecule has 1 atom stereocenters. The molecule has 1 aromatic carbocycles. The number of imidazole rings is 1. The first-order chi connectivity index (χ1) is 12.1. The maximum Gasteiger partial charge on any atom is 0.322 e. The third kappa shape index (κ3) is 3.07. The highest BCUT2D eigenvalue weighted by molar-refractivity contribution is 6.34. The Bertz CT molecular complexity index is 834. The van der Waals surface area contributed by atoms with E-state index in [0.29, 0.717) is 29.4 Å². The fourth-order valence-electron chi connectivity index (χ4n) is 3.32. The molecular formula is C17H18ClN5O2. The summed E-state index contributed by atoms with van der Waals surface area (Å²) in [5.41, 5.74) is 1.06. The number of amides is 3. The van der Waals surface area contributed by atoms with Gasteiger partial charge in [0.15, 0.2) is 0 Å². The Morgan fingerprint density at radius 3 is 3.08 bits per heavy atom. The van der Waals surface area contributed by atoms with Crippen molar-refractivity contribution in [1.82, 2.24) is 20.2 Å². The molecule has 3 heterocycles. The van der Waals surface area contributed by atoms with Crippen LogP contribution in [0.4, 0.5) is 10.5 Å². The zero-order valence-electron chi connectivity index (χ0n) is 13.5. The molecule has 1 fully saturated rings. The molecule has 2 N–H and O–H groups in total. The summed E-state index contributed by atoms with van der Waals surface area (Å²) in [6.07, 6.45) is 5.42. The van der Waals surface area contributed by atoms with Crippen LogP contribution in [-0.4, -0.2) is 40.6 Å². The lowest BCUT2D eigenvalue weighted by atomic mass is 10.1. The number of aryl methyl sites for hydroxylation is 1. The molecule has 2 aliphatic rings. The number of aromatic nitrogens is 2. The molecule has 0 aliphatic carbocycles. The summed E-state index contributed by atoms with van der Waals surface area (Å²) in [6, 6.07) is 4.88. The van der Waals surface area contributed by atoms with E-state index >= 15 is 0 Å². The van der Waals surface area contributed by atoms with Gasteiger partial charge in [0.25, 0.3) is 5.91 Å². The van der Waals surface area contributed by atoms with Crippen LogP contribution in [0.3, 0.4) is 0 Å². The largest absolute Gasteiger partial charge is 0.347 e. The first-order valence-electron chi connectivity index (χ1n) is 8.27. The van der Waals surface area contributed by atoms with Crippen LogP contribution in [0.15, 0.2) is 30.6 Å². The van der Waals surface area contributed by atoms with E-state index in [9.17, 15) is 9.59 Å². The molecule has 1 aromatic heterocycles. The molecule has 1 saturated heterocycles. The average Bonchev–Trinajstić information content (AvgIpc) is 3.23. The van der Waals surface area contributed by atoms with Crippen LogP contribution >= 0.6 is 11.6 Å². The Balaban J connectivity index is 1.50. The maximum atomic E-state index is 12.6. The number of halogens is 1. The topological polar surface area (TPSA) is 79.3 Å². The van der Waals surface area contributed by atoms with Crippen LogP contribution in [0.2, 0.25) is 5.02 Å². The number of hydrogen-bond donors (Lipinski definition) is 2. The Hall–Kier alpha value is -2.54. The Morgan fingerprint density at radius 1 is 1.40 bits per heavy atom. The van der Waals surface area contributed by atoms with Crippen LogP contribution in [-0.2, 0) is 13.0 Å². The molecule has 0 bridgehead atoms. The van der Waals surface area contributed by atoms with E-state index in [4.69, 9.17) is 11.6 Å². The minimum atomic E-state index is -0.195. The summed E-state index contributed by atoms with van der Waals surface area (Å²) in [6.45, 7) is 1.83. The maximum absolute atomic E-state index is 12.6. The quantitative estimate of drug-likeness (QED) is 0.877. The van der Waals surface area contributed by atoms with E-state index in [1.54, 1.807) is 29.3 Å². The molecule has 2 aliphatic heterocycles. The number of benzene rings is 1. The molecule has 0 radical (unpaired) electrons. The zero-order valence-corrected chi connectivity index (χ0v) is 14.3. The van der Waals surface area contributed by atoms with E-state index in [1.807, 2.05) is 6.20 Å². The van der Waals surface area contributed by atoms with Crippen molar-refractivity contribution in [1.29, 1.82) is 0 Å². The number of rotatable bonds is 3. The fraction of sp³-hybridized carbons (Fsp3) is 0.353. The van der Waals surface area contributed by atoms with Gasteiger partial charge in [0.2, 0.25) is 0 Å². The molecule has 4 rings (SSSR count). The van der Waals surface area contributed by atoms with Gasteiger partial charge in [-0.1, -0.05) is 11.6 Å². The third-order valence-corrected chi connectivity index (χ3v) is 4.95. The van der Waals surface area contributed by atoms with Crippen LogP contribution < -0.4 is 15.5 Å². The first-order valence-corrected chi connectivity index (χ1v) is 8.65. The van der Waals surface area contributed by atoms with Crippen molar-refractivity contribution < 1.29 is 9.59 Å². The number of urea groups is 1. The van der Waals surface area contributed by atoms with Crippen molar-refractivity contribution in [3.63, 3.8) is 0 Å². The Labute approximate surface area is 150 Å². The third-order valence-electron chi connectivity index (χ3n) is 4.63. The van der Waals surface area contributed by atoms with E-state index in [-0.39, 0.29) is 18.0 Å². The average molecular weight is 360 g/mol. The van der Waals surface area contributed by atoms with Gasteiger partial charge in [-0.05, 0) is 24.6 Å². The van der Waals surface area contributed by atoms with Crippen molar-refractivity contribution in [2.75, 3.05) is 18.0 Å². The van der Waals surface area contributed by atoms with Crippen molar-refractivity contribution in [3.05, 3.63) is 47.0 Å². The number of anilines is 1. The molecule has 2 aromatic rings. The van der Waals surface area contributed by atoms with Gasteiger partial charge in [-0.2, -0.15) is 0 Å². The highest BCUT2D eigenvalue weighted by atomic mass is 35.5. The van der Waals surface area contributed by atoms with E-state index in [0.717, 1.165) is 25.2 Å². The molecule has 1 unspecified atom stereocenters. The van der Waals surface area contributed by atoms with Crippen molar-refractivity contribution in [3.8, 4) is 0 Å². The molecule has 25 heavy (non-hydrogen) atoms. The van der Waals surface area contributed by atoms with Gasteiger partial charge in [-0.3, -0.25) is 9.69 Å². The Morgan fingerprint density at radius 2 is 2.28 bits per heavy atom. The zero-order chi connectivity index (χ0) is 17.4. The second kappa shape index (κ2) is 6.40. The lowest BCUT2D eigenvalue weighted by Crippen LogP contribution is -2.41. The van der Waals surface area contributed by atoms with Gasteiger partial charge in [0.1, 0.15) is 5.82 Å². The summed E-state index contributed by atoms with van der Waals surface area (Å²) in [7, 11) is 0. The lowest BCUT2D eigenvalue weighted by molar-refractivity contribution is 0.0927. The summed E-state index contributed by atoms with van der Waals surface area (Å²) in [4.78, 5) is 30.3. The SMILES string of the molecule is O=C(NC1CCc2nccn2C1)c1ccc(Cl)c(N2CCNC2=O)c1. The van der Waals surface area contributed by atoms with Crippen LogP contribution in [0.1, 0.15) is 22.6 Å². The van der Waals surface area contributed by atoms with Crippen molar-refractivity contribution >= 4 is 29.2 Å². The second-order valence-electron chi connectivity index (χ2n) is 6.25. The number of carbonyl (C=O) groups excluding carboxylic acids is 2. The first kappa shape index (κ1) is 16.0. The standard InChI is InChI=1S/C17H18ClN5O2/c18-13-3-1-11(9-14(13)23-8-6-20-17(23)25)16(24)21-12-2-4-15-19-5-7-22(15)10-12/h1,3,5,7,9,12H,2,4,6,8,10H2,(H,20,25)(H,21,24). The Kier molecular flexibility index (Phi) is 4.09. The predicted molar refractivity (Wildman–Crippen MR) is 94.0 cm³/mol. The molecule has 0 spiro atoms. The van der Waals surface area contributed by atoms with Gasteiger partial charge in [-0.25, -0.2) is 9.78 Å². The number of hydrogen-bond acceptors (Lipinski definition) is 3. The van der Waals surface area contributed by atoms with Gasteiger partial charge < -0.3 is 15.2 Å². The van der Waals surface area contributed by atoms with E-state index in [2.05, 4.69) is 20.2 Å². The van der Waals surface area contributed by atoms with Gasteiger partial charge >= 0.3 is 6.03 Å². The van der Waals surface area contributed by atoms with E-state index < -0.39 is 0 Å². The summed E-state index contributed by atoms with van der Waals surface area (Å²) < 4.78 is 2.07. The number of nitrogens with zero attached hydrogens (tertiary/aromatic N) is 3. The van der Waals surface area contributed by atoms with Gasteiger partial charge in [0.05, 0.1) is 10.7 Å². The highest BCUT2D eigenvalue weighted by Gasteiger charge is 2.25. The number of fused-ring (bicyclic) bond motifs is 1. The summed E-state index contributed by atoms with van der Waals surface area (Å²) >= 11 is 6.22. The van der Waals surface area contributed by atoms with Crippen molar-refractivity contribution in [2.45, 2.75) is 25.4 Å². The van der Waals surface area contributed by atoms with Crippen LogP contribution in [0, 0.1) is 0 Å². The minimum absolute atomic E-state index is 0.0587. The van der Waals surface area contributed by atoms with E-state index in [1.165, 1.54) is 0 Å². The highest BCUT2D eigenvalue weighted by Crippen LogP contribution is 2.28. The van der Waals surface area contributed by atoms with Crippen molar-refractivity contribution in [2.24, 2.45) is 0 Å². The smallest absolute Gasteiger partial charge is 0.322 e. The lowest BCUT2D eigenvalue weighted by Gasteiger charge is -2.25. The molecule has 7 nitrogen and oxygen atoms in total. The predicted octanol–water partition coefficient (Wildman–Crippen LogP) is 1.81. The molecule has 130 valence electrons. The van der Waals surface area contributed by atoms with Gasteiger partial charge in [-0.15, -0.1) is 0 Å². The second-order valence-corrected chi connectivity index (χ2v) is 6.66. The monoisotopic (exact) mass is 359 g/mol. The van der Waals surface area contributed by atoms with Gasteiger partial charge in [0, 0.05) is 50.1 Å². The minimum Gasteiger partial charge on any atom is -0.347 e. The van der Waals surface area contributed by atoms with Crippen LogP contribution in [0.5, 0.6) is 0 Å². The normalized spacial score (nSPS) is 19.5. The summed E-state index contributed by atoms with van der Waals surface area (Å²) in [5.74, 6) is 0.894. The fourth-order valence-corrected chi connectivity index (χ4v) is 3.53.